The summed E-state index contributed by atoms with van der Waals surface area (Å²) in [7, 11) is 0. The van der Waals surface area contributed by atoms with E-state index in [1.54, 1.807) is 0 Å². The monoisotopic (exact) mass is 425 g/mol. The first kappa shape index (κ1) is 18.8. The van der Waals surface area contributed by atoms with Gasteiger partial charge in [-0.05, 0) is 31.0 Å². The quantitative estimate of drug-likeness (QED) is 0.437. The molecule has 152 valence electrons. The molecule has 0 saturated heterocycles. The summed E-state index contributed by atoms with van der Waals surface area (Å²) in [5, 5.41) is 13.0. The molecule has 1 aliphatic rings. The molecular weight excluding hydrogens is 408 g/mol. The number of carbonyl (C=O) groups excluding carboxylic acids is 1. The summed E-state index contributed by atoms with van der Waals surface area (Å²) in [5.41, 5.74) is 2.21. The molecule has 0 radical (unpaired) electrons. The number of nitrogens with one attached hydrogen (secondary N) is 2. The Morgan fingerprint density at radius 2 is 2.00 bits per heavy atom. The largest absolute Gasteiger partial charge is 0.360 e. The van der Waals surface area contributed by atoms with Gasteiger partial charge in [-0.2, -0.15) is 0 Å². The number of hydrogen-bond donors (Lipinski definition) is 2. The number of carbonyl (C=O) groups is 1. The van der Waals surface area contributed by atoms with E-state index in [9.17, 15) is 13.6 Å². The van der Waals surface area contributed by atoms with Gasteiger partial charge < -0.3 is 10.3 Å². The molecule has 1 aliphatic carbocycles. The van der Waals surface area contributed by atoms with Crippen molar-refractivity contribution in [2.75, 3.05) is 11.1 Å². The van der Waals surface area contributed by atoms with Crippen molar-refractivity contribution in [2.24, 2.45) is 0 Å². The van der Waals surface area contributed by atoms with Crippen LogP contribution in [0.3, 0.4) is 0 Å². The van der Waals surface area contributed by atoms with E-state index in [0.29, 0.717) is 11.2 Å². The minimum Gasteiger partial charge on any atom is -0.360 e. The summed E-state index contributed by atoms with van der Waals surface area (Å²) in [6.45, 7) is 0. The van der Waals surface area contributed by atoms with E-state index in [0.717, 1.165) is 47.3 Å². The third-order valence-electron chi connectivity index (χ3n) is 4.94. The highest BCUT2D eigenvalue weighted by Crippen LogP contribution is 2.42. The van der Waals surface area contributed by atoms with E-state index in [1.807, 2.05) is 30.5 Å². The Labute approximate surface area is 174 Å². The number of para-hydroxylation sites is 1. The highest BCUT2D eigenvalue weighted by atomic mass is 32.2. The van der Waals surface area contributed by atoms with E-state index in [1.165, 1.54) is 17.8 Å². The molecule has 2 heterocycles. The van der Waals surface area contributed by atoms with Crippen LogP contribution in [0.1, 0.15) is 18.9 Å². The molecule has 1 amide bonds. The van der Waals surface area contributed by atoms with Gasteiger partial charge >= 0.3 is 0 Å². The number of aromatic amines is 1. The Morgan fingerprint density at radius 3 is 2.80 bits per heavy atom. The van der Waals surface area contributed by atoms with E-state index in [-0.39, 0.29) is 17.3 Å². The predicted octanol–water partition coefficient (Wildman–Crippen LogP) is 4.77. The lowest BCUT2D eigenvalue weighted by Crippen LogP contribution is -2.15. The fourth-order valence-electron chi connectivity index (χ4n) is 3.38. The average Bonchev–Trinajstić information content (AvgIpc) is 3.35. The Morgan fingerprint density at radius 1 is 1.17 bits per heavy atom. The van der Waals surface area contributed by atoms with Gasteiger partial charge in [0.25, 0.3) is 0 Å². The third-order valence-corrected chi connectivity index (χ3v) is 5.89. The third kappa shape index (κ3) is 3.56. The molecule has 1 saturated carbocycles. The molecular formula is C21H17F2N5OS. The molecule has 4 aromatic rings. The number of aromatic nitrogens is 4. The first-order chi connectivity index (χ1) is 14.6. The highest BCUT2D eigenvalue weighted by Gasteiger charge is 2.31. The lowest BCUT2D eigenvalue weighted by Gasteiger charge is -2.09. The predicted molar refractivity (Wildman–Crippen MR) is 111 cm³/mol. The molecule has 0 unspecified atom stereocenters. The summed E-state index contributed by atoms with van der Waals surface area (Å²) >= 11 is 1.27. The van der Waals surface area contributed by atoms with Gasteiger partial charge in [-0.3, -0.25) is 9.36 Å². The Bertz CT molecular complexity index is 1250. The number of nitrogens with zero attached hydrogens (tertiary/aromatic N) is 3. The topological polar surface area (TPSA) is 75.6 Å². The number of rotatable bonds is 6. The van der Waals surface area contributed by atoms with Crippen LogP contribution in [0.4, 0.5) is 14.5 Å². The standard InChI is InChI=1S/C21H17F2N5OS/c22-16-8-5-12(9-17(16)23)25-19(29)11-30-21-27-26-20(28(21)13-6-7-13)15-10-24-18-4-2-1-3-14(15)18/h1-5,8-10,13,24H,6-7,11H2,(H,25,29). The fourth-order valence-corrected chi connectivity index (χ4v) is 4.18. The van der Waals surface area contributed by atoms with Gasteiger partial charge in [0.1, 0.15) is 0 Å². The molecule has 1 fully saturated rings. The molecule has 2 N–H and O–H groups in total. The van der Waals surface area contributed by atoms with Gasteiger partial charge in [-0.1, -0.05) is 30.0 Å². The van der Waals surface area contributed by atoms with Crippen molar-refractivity contribution in [1.82, 2.24) is 19.7 Å². The van der Waals surface area contributed by atoms with Gasteiger partial charge in [-0.15, -0.1) is 10.2 Å². The van der Waals surface area contributed by atoms with Crippen molar-refractivity contribution in [2.45, 2.75) is 24.0 Å². The molecule has 0 bridgehead atoms. The van der Waals surface area contributed by atoms with Crippen molar-refractivity contribution in [3.05, 3.63) is 60.3 Å². The molecule has 0 aliphatic heterocycles. The summed E-state index contributed by atoms with van der Waals surface area (Å²) in [6.07, 6.45) is 4.02. The van der Waals surface area contributed by atoms with Crippen molar-refractivity contribution in [3.63, 3.8) is 0 Å². The second-order valence-electron chi connectivity index (χ2n) is 7.12. The van der Waals surface area contributed by atoms with Crippen LogP contribution < -0.4 is 5.32 Å². The lowest BCUT2D eigenvalue weighted by molar-refractivity contribution is -0.113. The van der Waals surface area contributed by atoms with Crippen LogP contribution in [-0.4, -0.2) is 31.4 Å². The SMILES string of the molecule is O=C(CSc1nnc(-c2c[nH]c3ccccc23)n1C1CC1)Nc1ccc(F)c(F)c1. The number of fused-ring (bicyclic) bond motifs is 1. The second kappa shape index (κ2) is 7.56. The van der Waals surface area contributed by atoms with Crippen molar-refractivity contribution < 1.29 is 13.6 Å². The van der Waals surface area contributed by atoms with Crippen LogP contribution in [0, 0.1) is 11.6 Å². The Kier molecular flexibility index (Phi) is 4.74. The summed E-state index contributed by atoms with van der Waals surface area (Å²) in [6, 6.07) is 11.6. The fraction of sp³-hybridized carbons (Fsp3) is 0.190. The van der Waals surface area contributed by atoms with E-state index in [2.05, 4.69) is 25.1 Å². The first-order valence-corrected chi connectivity index (χ1v) is 10.5. The van der Waals surface area contributed by atoms with Crippen LogP contribution in [0.25, 0.3) is 22.3 Å². The van der Waals surface area contributed by atoms with Crippen molar-refractivity contribution in [1.29, 1.82) is 0 Å². The van der Waals surface area contributed by atoms with Gasteiger partial charge in [0.05, 0.1) is 5.75 Å². The zero-order valence-electron chi connectivity index (χ0n) is 15.7. The molecule has 2 aromatic heterocycles. The van der Waals surface area contributed by atoms with E-state index < -0.39 is 11.6 Å². The number of H-pyrrole nitrogens is 1. The van der Waals surface area contributed by atoms with Gasteiger partial charge in [0.2, 0.25) is 5.91 Å². The van der Waals surface area contributed by atoms with Crippen molar-refractivity contribution >= 4 is 34.3 Å². The van der Waals surface area contributed by atoms with E-state index >= 15 is 0 Å². The maximum atomic E-state index is 13.3. The first-order valence-electron chi connectivity index (χ1n) is 9.49. The molecule has 0 spiro atoms. The van der Waals surface area contributed by atoms with Crippen LogP contribution in [0.2, 0.25) is 0 Å². The van der Waals surface area contributed by atoms with Crippen molar-refractivity contribution in [3.8, 4) is 11.4 Å². The number of anilines is 1. The number of amides is 1. The highest BCUT2D eigenvalue weighted by molar-refractivity contribution is 7.99. The lowest BCUT2D eigenvalue weighted by atomic mass is 10.1. The zero-order chi connectivity index (χ0) is 20.7. The maximum Gasteiger partial charge on any atom is 0.234 e. The molecule has 2 aromatic carbocycles. The second-order valence-corrected chi connectivity index (χ2v) is 8.06. The van der Waals surface area contributed by atoms with Crippen LogP contribution in [0.15, 0.2) is 53.8 Å². The molecule has 6 nitrogen and oxygen atoms in total. The summed E-state index contributed by atoms with van der Waals surface area (Å²) in [5.74, 6) is -1.43. The molecule has 9 heteroatoms. The average molecular weight is 425 g/mol. The minimum absolute atomic E-state index is 0.0811. The maximum absolute atomic E-state index is 13.3. The molecule has 0 atom stereocenters. The number of benzene rings is 2. The smallest absolute Gasteiger partial charge is 0.234 e. The summed E-state index contributed by atoms with van der Waals surface area (Å²) < 4.78 is 28.4. The Hall–Kier alpha value is -3.20. The number of thioether (sulfide) groups is 1. The Balaban J connectivity index is 1.35. The van der Waals surface area contributed by atoms with Gasteiger partial charge in [-0.25, -0.2) is 8.78 Å². The van der Waals surface area contributed by atoms with Crippen LogP contribution >= 0.6 is 11.8 Å². The molecule has 30 heavy (non-hydrogen) atoms. The normalized spacial score (nSPS) is 13.7. The number of hydrogen-bond acceptors (Lipinski definition) is 4. The summed E-state index contributed by atoms with van der Waals surface area (Å²) in [4.78, 5) is 15.5. The van der Waals surface area contributed by atoms with Gasteiger partial charge in [0.15, 0.2) is 22.6 Å². The zero-order valence-corrected chi connectivity index (χ0v) is 16.5. The number of halogens is 2. The van der Waals surface area contributed by atoms with Gasteiger partial charge in [0, 0.05) is 40.5 Å². The van der Waals surface area contributed by atoms with E-state index in [4.69, 9.17) is 0 Å². The minimum atomic E-state index is -1.00. The van der Waals surface area contributed by atoms with Crippen LogP contribution in [-0.2, 0) is 4.79 Å². The molecule has 5 rings (SSSR count). The van der Waals surface area contributed by atoms with Crippen LogP contribution in [0.5, 0.6) is 0 Å².